The van der Waals surface area contributed by atoms with Gasteiger partial charge in [-0.05, 0) is 37.8 Å². The van der Waals surface area contributed by atoms with Crippen LogP contribution in [-0.4, -0.2) is 40.5 Å². The number of hydrogen-bond donors (Lipinski definition) is 1. The summed E-state index contributed by atoms with van der Waals surface area (Å²) in [4.78, 5) is 26.0. The van der Waals surface area contributed by atoms with Gasteiger partial charge < -0.3 is 15.1 Å². The van der Waals surface area contributed by atoms with Gasteiger partial charge in [0.1, 0.15) is 11.6 Å². The van der Waals surface area contributed by atoms with Crippen LogP contribution in [0.2, 0.25) is 0 Å². The molecule has 1 fully saturated rings. The standard InChI is InChI=1S/C21H25F2N5O/c1-13-5-8-27(9-6-13)20-16-12-28(10-7-19(16)24-14(2)25-20)21(29)26-15-3-4-17(22)18(23)11-15/h3-4,11,13H,5-10,12H2,1-2H3,(H,26,29). The van der Waals surface area contributed by atoms with E-state index in [1.807, 2.05) is 6.92 Å². The van der Waals surface area contributed by atoms with Crippen LogP contribution in [0.1, 0.15) is 36.8 Å². The molecule has 3 heterocycles. The van der Waals surface area contributed by atoms with E-state index in [-0.39, 0.29) is 11.7 Å². The summed E-state index contributed by atoms with van der Waals surface area (Å²) in [7, 11) is 0. The first-order valence-corrected chi connectivity index (χ1v) is 10.0. The molecule has 2 aliphatic rings. The Morgan fingerprint density at radius 1 is 1.14 bits per heavy atom. The lowest BCUT2D eigenvalue weighted by Crippen LogP contribution is -2.41. The molecule has 0 aliphatic carbocycles. The minimum Gasteiger partial charge on any atom is -0.356 e. The maximum absolute atomic E-state index is 13.4. The lowest BCUT2D eigenvalue weighted by Gasteiger charge is -2.36. The molecule has 0 radical (unpaired) electrons. The molecule has 0 saturated carbocycles. The second-order valence-electron chi connectivity index (χ2n) is 7.92. The maximum atomic E-state index is 13.4. The van der Waals surface area contributed by atoms with E-state index in [0.717, 1.165) is 61.0 Å². The molecule has 0 unspecified atom stereocenters. The fourth-order valence-corrected chi connectivity index (χ4v) is 3.95. The van der Waals surface area contributed by atoms with Crippen LogP contribution in [0.25, 0.3) is 0 Å². The van der Waals surface area contributed by atoms with Crippen molar-refractivity contribution in [1.29, 1.82) is 0 Å². The molecule has 1 aromatic carbocycles. The van der Waals surface area contributed by atoms with Crippen molar-refractivity contribution < 1.29 is 13.6 Å². The number of rotatable bonds is 2. The van der Waals surface area contributed by atoms with E-state index < -0.39 is 11.6 Å². The van der Waals surface area contributed by atoms with Crippen LogP contribution < -0.4 is 10.2 Å². The van der Waals surface area contributed by atoms with E-state index in [1.54, 1.807) is 4.90 Å². The van der Waals surface area contributed by atoms with Crippen molar-refractivity contribution in [2.45, 2.75) is 39.7 Å². The zero-order valence-corrected chi connectivity index (χ0v) is 16.7. The number of carbonyl (C=O) groups excluding carboxylic acids is 1. The Morgan fingerprint density at radius 2 is 1.90 bits per heavy atom. The van der Waals surface area contributed by atoms with Gasteiger partial charge >= 0.3 is 6.03 Å². The Hall–Kier alpha value is -2.77. The number of fused-ring (bicyclic) bond motifs is 1. The molecule has 0 spiro atoms. The highest BCUT2D eigenvalue weighted by Crippen LogP contribution is 2.30. The fraction of sp³-hybridized carbons (Fsp3) is 0.476. The number of hydrogen-bond acceptors (Lipinski definition) is 4. The molecule has 1 aromatic heterocycles. The third-order valence-corrected chi connectivity index (χ3v) is 5.69. The lowest BCUT2D eigenvalue weighted by molar-refractivity contribution is 0.206. The van der Waals surface area contributed by atoms with Crippen LogP contribution in [-0.2, 0) is 13.0 Å². The Morgan fingerprint density at radius 3 is 2.62 bits per heavy atom. The number of halogens is 2. The number of anilines is 2. The van der Waals surface area contributed by atoms with Crippen LogP contribution in [0.4, 0.5) is 25.1 Å². The number of nitrogens with zero attached hydrogens (tertiary/aromatic N) is 4. The fourth-order valence-electron chi connectivity index (χ4n) is 3.95. The van der Waals surface area contributed by atoms with Crippen LogP contribution in [0.3, 0.4) is 0 Å². The number of carbonyl (C=O) groups is 1. The number of urea groups is 1. The molecule has 4 rings (SSSR count). The van der Waals surface area contributed by atoms with E-state index >= 15 is 0 Å². The maximum Gasteiger partial charge on any atom is 0.322 e. The summed E-state index contributed by atoms with van der Waals surface area (Å²) >= 11 is 0. The number of aromatic nitrogens is 2. The highest BCUT2D eigenvalue weighted by atomic mass is 19.2. The minimum atomic E-state index is -0.989. The molecule has 0 atom stereocenters. The van der Waals surface area contributed by atoms with Gasteiger partial charge in [-0.2, -0.15) is 0 Å². The molecule has 2 aliphatic heterocycles. The average Bonchev–Trinajstić information content (AvgIpc) is 2.70. The molecule has 1 saturated heterocycles. The Balaban J connectivity index is 1.54. The summed E-state index contributed by atoms with van der Waals surface area (Å²) in [6.45, 7) is 6.97. The molecule has 8 heteroatoms. The van der Waals surface area contributed by atoms with Crippen LogP contribution >= 0.6 is 0 Å². The quantitative estimate of drug-likeness (QED) is 0.829. The van der Waals surface area contributed by atoms with Gasteiger partial charge in [-0.3, -0.25) is 0 Å². The van der Waals surface area contributed by atoms with E-state index in [0.29, 0.717) is 25.4 Å². The lowest BCUT2D eigenvalue weighted by atomic mass is 9.98. The molecule has 2 amide bonds. The van der Waals surface area contributed by atoms with Gasteiger partial charge in [0.15, 0.2) is 11.6 Å². The van der Waals surface area contributed by atoms with Crippen molar-refractivity contribution in [3.05, 3.63) is 46.9 Å². The molecular weight excluding hydrogens is 376 g/mol. The van der Waals surface area contributed by atoms with Crippen LogP contribution in [0.15, 0.2) is 18.2 Å². The summed E-state index contributed by atoms with van der Waals surface area (Å²) in [6, 6.07) is 2.99. The Kier molecular flexibility index (Phi) is 5.34. The first kappa shape index (κ1) is 19.5. The second kappa shape index (κ2) is 7.93. The summed E-state index contributed by atoms with van der Waals surface area (Å²) in [5, 5.41) is 2.65. The highest BCUT2D eigenvalue weighted by molar-refractivity contribution is 5.89. The molecule has 1 N–H and O–H groups in total. The first-order chi connectivity index (χ1) is 13.9. The number of aryl methyl sites for hydroxylation is 1. The molecule has 2 aromatic rings. The summed E-state index contributed by atoms with van der Waals surface area (Å²) in [6.07, 6.45) is 2.89. The van der Waals surface area contributed by atoms with Gasteiger partial charge in [0.25, 0.3) is 0 Å². The van der Waals surface area contributed by atoms with E-state index in [4.69, 9.17) is 4.98 Å². The van der Waals surface area contributed by atoms with Crippen LogP contribution in [0.5, 0.6) is 0 Å². The van der Waals surface area contributed by atoms with Gasteiger partial charge in [-0.15, -0.1) is 0 Å². The predicted molar refractivity (Wildman–Crippen MR) is 107 cm³/mol. The number of nitrogens with one attached hydrogen (secondary N) is 1. The number of piperidine rings is 1. The normalized spacial score (nSPS) is 17.2. The van der Waals surface area contributed by atoms with Crippen molar-refractivity contribution in [2.24, 2.45) is 5.92 Å². The third-order valence-electron chi connectivity index (χ3n) is 5.69. The SMILES string of the molecule is Cc1nc2c(c(N3CCC(C)CC3)n1)CN(C(=O)Nc1ccc(F)c(F)c1)CC2. The van der Waals surface area contributed by atoms with E-state index in [2.05, 4.69) is 22.1 Å². The minimum absolute atomic E-state index is 0.227. The highest BCUT2D eigenvalue weighted by Gasteiger charge is 2.28. The Labute approximate surface area is 168 Å². The topological polar surface area (TPSA) is 61.4 Å². The van der Waals surface area contributed by atoms with E-state index in [1.165, 1.54) is 6.07 Å². The van der Waals surface area contributed by atoms with E-state index in [9.17, 15) is 13.6 Å². The van der Waals surface area contributed by atoms with Crippen molar-refractivity contribution in [1.82, 2.24) is 14.9 Å². The van der Waals surface area contributed by atoms with Crippen molar-refractivity contribution in [2.75, 3.05) is 29.9 Å². The van der Waals surface area contributed by atoms with Crippen molar-refractivity contribution >= 4 is 17.5 Å². The zero-order valence-electron chi connectivity index (χ0n) is 16.7. The average molecular weight is 401 g/mol. The van der Waals surface area contributed by atoms with Gasteiger partial charge in [0.05, 0.1) is 12.2 Å². The van der Waals surface area contributed by atoms with Gasteiger partial charge in [-0.1, -0.05) is 6.92 Å². The van der Waals surface area contributed by atoms with Crippen molar-refractivity contribution in [3.63, 3.8) is 0 Å². The molecule has 6 nitrogen and oxygen atoms in total. The smallest absolute Gasteiger partial charge is 0.322 e. The first-order valence-electron chi connectivity index (χ1n) is 10.0. The number of amides is 2. The Bertz CT molecular complexity index is 928. The van der Waals surface area contributed by atoms with Gasteiger partial charge in [-0.25, -0.2) is 23.5 Å². The van der Waals surface area contributed by atoms with Crippen LogP contribution in [0, 0.1) is 24.5 Å². The third kappa shape index (κ3) is 4.16. The molecule has 29 heavy (non-hydrogen) atoms. The second-order valence-corrected chi connectivity index (χ2v) is 7.92. The molecule has 154 valence electrons. The molecular formula is C21H25F2N5O. The number of benzene rings is 1. The summed E-state index contributed by atoms with van der Waals surface area (Å²) in [5.74, 6) is 0.449. The predicted octanol–water partition coefficient (Wildman–Crippen LogP) is 3.89. The largest absolute Gasteiger partial charge is 0.356 e. The zero-order chi connectivity index (χ0) is 20.5. The molecule has 0 bridgehead atoms. The van der Waals surface area contributed by atoms with Crippen molar-refractivity contribution in [3.8, 4) is 0 Å². The van der Waals surface area contributed by atoms with Gasteiger partial charge in [0, 0.05) is 43.4 Å². The van der Waals surface area contributed by atoms with Gasteiger partial charge in [0.2, 0.25) is 0 Å². The summed E-state index contributed by atoms with van der Waals surface area (Å²) < 4.78 is 26.5. The monoisotopic (exact) mass is 401 g/mol. The summed E-state index contributed by atoms with van der Waals surface area (Å²) in [5.41, 5.74) is 2.20.